The summed E-state index contributed by atoms with van der Waals surface area (Å²) < 4.78 is 0. The van der Waals surface area contributed by atoms with Gasteiger partial charge in [-0.1, -0.05) is 20.8 Å². The third-order valence-corrected chi connectivity index (χ3v) is 0. The molecule has 40 valence electrons. The summed E-state index contributed by atoms with van der Waals surface area (Å²) in [6.07, 6.45) is 0. The molecule has 0 saturated carbocycles. The Morgan fingerprint density at radius 1 is 1.14 bits per heavy atom. The van der Waals surface area contributed by atoms with Gasteiger partial charge in [0.05, 0.1) is 0 Å². The third-order valence-electron chi connectivity index (χ3n) is 0. The van der Waals surface area contributed by atoms with Crippen LogP contribution in [0.1, 0.15) is 20.8 Å². The Bertz CT molecular complexity index is 27.2. The van der Waals surface area contributed by atoms with Gasteiger partial charge in [-0.15, -0.1) is 22.6 Å². The quantitative estimate of drug-likeness (QED) is 0.398. The zero-order valence-electron chi connectivity index (χ0n) is 5.32. The minimum Gasteiger partial charge on any atom is -0.850 e. The van der Waals surface area contributed by atoms with Gasteiger partial charge in [0.15, 0.2) is 0 Å². The van der Waals surface area contributed by atoms with Crippen molar-refractivity contribution in [1.82, 2.24) is 0 Å². The number of hydrogen-bond acceptors (Lipinski definition) is 1. The third kappa shape index (κ3) is 69.2. The van der Waals surface area contributed by atoms with Crippen LogP contribution in [0.4, 0.5) is 0 Å². The van der Waals surface area contributed by atoms with Crippen LogP contribution < -0.4 is 56.5 Å². The first-order valence-electron chi connectivity index (χ1n) is 1.70. The molecular weight excluding hydrogens is 183 g/mol. The van der Waals surface area contributed by atoms with Crippen molar-refractivity contribution in [3.8, 4) is 0 Å². The molecule has 0 aromatic rings. The zero-order valence-corrected chi connectivity index (χ0v) is 10.2. The molecule has 0 aromatic carbocycles. The maximum atomic E-state index is 10.1. The van der Waals surface area contributed by atoms with Crippen LogP contribution in [0.2, 0.25) is 0 Å². The topological polar surface area (TPSA) is 23.1 Å². The molecule has 0 aliphatic rings. The second kappa shape index (κ2) is 6.20. The Kier molecular flexibility index (Phi) is 14.2. The van der Waals surface area contributed by atoms with E-state index in [-0.39, 0.29) is 68.4 Å². The van der Waals surface area contributed by atoms with E-state index in [0.29, 0.717) is 0 Å². The number of halogens is 1. The molecule has 0 amide bonds. The van der Waals surface area contributed by atoms with Gasteiger partial charge in [0.1, 0.15) is 0 Å². The summed E-state index contributed by atoms with van der Waals surface area (Å²) in [5.74, 6) is 0. The number of hydrogen-bond donors (Lipinski definition) is 0. The Labute approximate surface area is 98.1 Å². The molecule has 0 rings (SSSR count). The van der Waals surface area contributed by atoms with Crippen LogP contribution in [0, 0.1) is 0 Å². The largest absolute Gasteiger partial charge is 1.00 e. The minimum atomic E-state index is -0.750. The van der Waals surface area contributed by atoms with Gasteiger partial charge in [-0.3, -0.25) is 0 Å². The summed E-state index contributed by atoms with van der Waals surface area (Å²) in [7, 11) is 0. The summed E-state index contributed by atoms with van der Waals surface area (Å²) in [6.45, 7) is 4.90. The predicted molar refractivity (Wildman–Crippen MR) is 30.1 cm³/mol. The van der Waals surface area contributed by atoms with E-state index in [2.05, 4.69) is 0 Å². The molecule has 0 radical (unpaired) electrons. The molecule has 0 aromatic heterocycles. The molecule has 7 heavy (non-hydrogen) atoms. The van der Waals surface area contributed by atoms with Gasteiger partial charge in [-0.25, -0.2) is 0 Å². The maximum Gasteiger partial charge on any atom is 1.00 e. The molecule has 3 heteroatoms. The van der Waals surface area contributed by atoms with Crippen LogP contribution in [0.3, 0.4) is 0 Å². The van der Waals surface area contributed by atoms with Gasteiger partial charge in [0, 0.05) is 0 Å². The molecule has 0 fully saturated rings. The first kappa shape index (κ1) is 16.0. The van der Waals surface area contributed by atoms with Crippen LogP contribution in [0.25, 0.3) is 0 Å². The van der Waals surface area contributed by atoms with E-state index < -0.39 is 5.60 Å². The first-order valence-corrected chi connectivity index (χ1v) is 1.70. The molecule has 0 saturated heterocycles. The Hall–Kier alpha value is 2.08. The molecule has 0 bridgehead atoms. The second-order valence-electron chi connectivity index (χ2n) is 2.11. The van der Waals surface area contributed by atoms with Gasteiger partial charge >= 0.3 is 51.4 Å². The predicted octanol–water partition coefficient (Wildman–Crippen LogP) is -2.27. The van der Waals surface area contributed by atoms with Crippen LogP contribution in [-0.2, 0) is 0 Å². The Morgan fingerprint density at radius 3 is 1.14 bits per heavy atom. The van der Waals surface area contributed by atoms with Crippen molar-refractivity contribution < 1.29 is 56.5 Å². The summed E-state index contributed by atoms with van der Waals surface area (Å²) >= 11 is 0. The van der Waals surface area contributed by atoms with Crippen LogP contribution >= 0.6 is 17.0 Å². The van der Waals surface area contributed by atoms with Gasteiger partial charge in [-0.05, 0) is 0 Å². The second-order valence-corrected chi connectivity index (χ2v) is 2.11. The van der Waals surface area contributed by atoms with E-state index in [1.54, 1.807) is 20.8 Å². The normalized spacial score (nSPS) is 8.57. The summed E-state index contributed by atoms with van der Waals surface area (Å²) in [6, 6.07) is 0. The maximum absolute atomic E-state index is 10.1. The van der Waals surface area contributed by atoms with E-state index in [9.17, 15) is 5.11 Å². The molecule has 0 spiro atoms. The zero-order chi connectivity index (χ0) is 4.50. The average Bonchev–Trinajstić information content (AvgIpc) is 0.722. The average molecular weight is 193 g/mol. The molecule has 0 aliphatic carbocycles. The van der Waals surface area contributed by atoms with Crippen molar-refractivity contribution in [2.24, 2.45) is 0 Å². The molecule has 0 aliphatic heterocycles. The van der Waals surface area contributed by atoms with Crippen molar-refractivity contribution in [2.75, 3.05) is 0 Å². The molecule has 0 N–H and O–H groups in total. The Morgan fingerprint density at radius 2 is 1.14 bits per heavy atom. The smallest absolute Gasteiger partial charge is 0.850 e. The van der Waals surface area contributed by atoms with Crippen molar-refractivity contribution in [3.05, 3.63) is 0 Å². The molecule has 1 nitrogen and oxygen atoms in total. The fourth-order valence-corrected chi connectivity index (χ4v) is 0. The van der Waals surface area contributed by atoms with Gasteiger partial charge < -0.3 is 5.11 Å². The monoisotopic (exact) mass is 192 g/mol. The van der Waals surface area contributed by atoms with Gasteiger partial charge in [0.2, 0.25) is 0 Å². The fourth-order valence-electron chi connectivity index (χ4n) is 0. The molecular formula is C4H10BrKO. The van der Waals surface area contributed by atoms with Crippen molar-refractivity contribution in [3.63, 3.8) is 0 Å². The standard InChI is InChI=1S/C4H9O.BrH.K/c1-4(2,3)5;;/h1-3H3;1H;/q-1;;+1. The first-order chi connectivity index (χ1) is 2.00. The van der Waals surface area contributed by atoms with E-state index in [0.717, 1.165) is 0 Å². The Balaban J connectivity index is -0.0000000800. The van der Waals surface area contributed by atoms with Crippen LogP contribution in [0.15, 0.2) is 0 Å². The summed E-state index contributed by atoms with van der Waals surface area (Å²) in [4.78, 5) is 0. The van der Waals surface area contributed by atoms with Gasteiger partial charge in [-0.2, -0.15) is 0 Å². The summed E-state index contributed by atoms with van der Waals surface area (Å²) in [5.41, 5.74) is -0.750. The van der Waals surface area contributed by atoms with E-state index in [1.807, 2.05) is 0 Å². The van der Waals surface area contributed by atoms with Gasteiger partial charge in [0.25, 0.3) is 0 Å². The van der Waals surface area contributed by atoms with E-state index >= 15 is 0 Å². The van der Waals surface area contributed by atoms with E-state index in [4.69, 9.17) is 0 Å². The van der Waals surface area contributed by atoms with Crippen molar-refractivity contribution >= 4 is 17.0 Å². The SMILES string of the molecule is Br.CC(C)(C)[O-].[K+]. The van der Waals surface area contributed by atoms with Crippen LogP contribution in [0.5, 0.6) is 0 Å². The van der Waals surface area contributed by atoms with Crippen molar-refractivity contribution in [2.45, 2.75) is 26.4 Å². The molecule has 0 unspecified atom stereocenters. The van der Waals surface area contributed by atoms with Crippen LogP contribution in [-0.4, -0.2) is 5.60 Å². The molecule has 0 heterocycles. The van der Waals surface area contributed by atoms with E-state index in [1.165, 1.54) is 0 Å². The fraction of sp³-hybridized carbons (Fsp3) is 1.00. The minimum absolute atomic E-state index is 0. The molecule has 0 atom stereocenters. The number of rotatable bonds is 0. The summed E-state index contributed by atoms with van der Waals surface area (Å²) in [5, 5.41) is 10.1. The van der Waals surface area contributed by atoms with Crippen molar-refractivity contribution in [1.29, 1.82) is 0 Å².